The van der Waals surface area contributed by atoms with Crippen molar-refractivity contribution in [2.75, 3.05) is 24.5 Å². The normalized spacial score (nSPS) is 22.3. The highest BCUT2D eigenvalue weighted by molar-refractivity contribution is 7.89. The van der Waals surface area contributed by atoms with E-state index in [9.17, 15) is 8.42 Å². The van der Waals surface area contributed by atoms with Gasteiger partial charge < -0.3 is 4.90 Å². The first-order valence-corrected chi connectivity index (χ1v) is 10.7. The predicted molar refractivity (Wildman–Crippen MR) is 95.9 cm³/mol. The summed E-state index contributed by atoms with van der Waals surface area (Å²) in [5.41, 5.74) is 0. The fraction of sp³-hybridized carbons (Fsp3) is 0.471. The molecule has 2 aromatic rings. The summed E-state index contributed by atoms with van der Waals surface area (Å²) < 4.78 is 26.7. The van der Waals surface area contributed by atoms with E-state index < -0.39 is 10.0 Å². The van der Waals surface area contributed by atoms with Crippen LogP contribution in [-0.2, 0) is 10.0 Å². The Balaban J connectivity index is 1.57. The summed E-state index contributed by atoms with van der Waals surface area (Å²) >= 11 is 1.77. The molecule has 0 radical (unpaired) electrons. The van der Waals surface area contributed by atoms with Crippen molar-refractivity contribution in [2.45, 2.75) is 36.6 Å². The Morgan fingerprint density at radius 1 is 1.08 bits per heavy atom. The summed E-state index contributed by atoms with van der Waals surface area (Å²) in [6, 6.07) is 8.17. The van der Waals surface area contributed by atoms with Gasteiger partial charge in [0.25, 0.3) is 0 Å². The van der Waals surface area contributed by atoms with E-state index >= 15 is 0 Å². The summed E-state index contributed by atoms with van der Waals surface area (Å²) in [6.45, 7) is 2.21. The van der Waals surface area contributed by atoms with Crippen molar-refractivity contribution in [1.29, 1.82) is 0 Å². The van der Waals surface area contributed by atoms with E-state index in [0.717, 1.165) is 38.0 Å². The van der Waals surface area contributed by atoms with Crippen molar-refractivity contribution in [3.63, 3.8) is 0 Å². The van der Waals surface area contributed by atoms with Gasteiger partial charge in [-0.2, -0.15) is 4.31 Å². The maximum Gasteiger partial charge on any atom is 0.244 e. The lowest BCUT2D eigenvalue weighted by Crippen LogP contribution is -2.28. The van der Waals surface area contributed by atoms with E-state index in [0.29, 0.717) is 24.0 Å². The molecule has 0 spiro atoms. The maximum atomic E-state index is 12.6. The van der Waals surface area contributed by atoms with Crippen LogP contribution in [0.2, 0.25) is 0 Å². The molecule has 128 valence electrons. The van der Waals surface area contributed by atoms with Gasteiger partial charge in [-0.1, -0.05) is 6.07 Å². The molecule has 5 nitrogen and oxygen atoms in total. The molecule has 7 heteroatoms. The van der Waals surface area contributed by atoms with Crippen LogP contribution in [0.25, 0.3) is 0 Å². The van der Waals surface area contributed by atoms with Crippen molar-refractivity contribution in [1.82, 2.24) is 9.29 Å². The van der Waals surface area contributed by atoms with Crippen LogP contribution in [0.15, 0.2) is 40.7 Å². The second-order valence-corrected chi connectivity index (χ2v) is 9.25. The predicted octanol–water partition coefficient (Wildman–Crippen LogP) is 3.27. The van der Waals surface area contributed by atoms with Crippen LogP contribution >= 0.6 is 11.3 Å². The Kier molecular flexibility index (Phi) is 4.32. The van der Waals surface area contributed by atoms with Crippen molar-refractivity contribution in [3.05, 3.63) is 40.7 Å². The van der Waals surface area contributed by atoms with Crippen LogP contribution < -0.4 is 4.90 Å². The molecule has 4 heterocycles. The van der Waals surface area contributed by atoms with Crippen LogP contribution in [0.4, 0.5) is 5.82 Å². The maximum absolute atomic E-state index is 12.6. The van der Waals surface area contributed by atoms with Crippen LogP contribution in [0.5, 0.6) is 0 Å². The SMILES string of the molecule is O=S(=O)(c1ccc(N2CCCC2c2cccs2)nc1)N1CCCC1. The molecule has 1 unspecified atom stereocenters. The second kappa shape index (κ2) is 6.46. The number of sulfonamides is 1. The summed E-state index contributed by atoms with van der Waals surface area (Å²) in [7, 11) is -3.38. The minimum absolute atomic E-state index is 0.306. The topological polar surface area (TPSA) is 53.5 Å². The lowest BCUT2D eigenvalue weighted by atomic mass is 10.2. The van der Waals surface area contributed by atoms with Gasteiger partial charge in [-0.3, -0.25) is 0 Å². The van der Waals surface area contributed by atoms with Crippen molar-refractivity contribution in [2.24, 2.45) is 0 Å². The van der Waals surface area contributed by atoms with E-state index in [1.165, 1.54) is 11.1 Å². The first-order chi connectivity index (χ1) is 11.7. The van der Waals surface area contributed by atoms with Gasteiger partial charge in [0.1, 0.15) is 10.7 Å². The monoisotopic (exact) mass is 363 g/mol. The van der Waals surface area contributed by atoms with Crippen LogP contribution in [0, 0.1) is 0 Å². The van der Waals surface area contributed by atoms with E-state index in [1.54, 1.807) is 21.7 Å². The van der Waals surface area contributed by atoms with Gasteiger partial charge in [0, 0.05) is 30.7 Å². The first kappa shape index (κ1) is 16.1. The smallest absolute Gasteiger partial charge is 0.244 e. The summed E-state index contributed by atoms with van der Waals surface area (Å²) in [6.07, 6.45) is 5.67. The Labute approximate surface area is 147 Å². The number of rotatable bonds is 4. The van der Waals surface area contributed by atoms with Gasteiger partial charge >= 0.3 is 0 Å². The quantitative estimate of drug-likeness (QED) is 0.837. The fourth-order valence-corrected chi connectivity index (χ4v) is 5.93. The molecule has 0 aromatic carbocycles. The van der Waals surface area contributed by atoms with E-state index in [4.69, 9.17) is 0 Å². The third kappa shape index (κ3) is 2.85. The Bertz CT molecular complexity index is 782. The van der Waals surface area contributed by atoms with Gasteiger partial charge in [0.05, 0.1) is 6.04 Å². The minimum Gasteiger partial charge on any atom is -0.349 e. The van der Waals surface area contributed by atoms with Gasteiger partial charge in [-0.15, -0.1) is 11.3 Å². The number of hydrogen-bond acceptors (Lipinski definition) is 5. The van der Waals surface area contributed by atoms with E-state index in [1.807, 2.05) is 6.07 Å². The van der Waals surface area contributed by atoms with Crippen LogP contribution in [0.1, 0.15) is 36.6 Å². The Morgan fingerprint density at radius 2 is 1.92 bits per heavy atom. The Hall–Kier alpha value is -1.44. The van der Waals surface area contributed by atoms with Crippen LogP contribution in [0.3, 0.4) is 0 Å². The molecule has 0 amide bonds. The molecule has 2 aliphatic rings. The second-order valence-electron chi connectivity index (χ2n) is 6.33. The zero-order valence-electron chi connectivity index (χ0n) is 13.5. The van der Waals surface area contributed by atoms with Gasteiger partial charge in [0.15, 0.2) is 0 Å². The molecule has 0 saturated carbocycles. The largest absolute Gasteiger partial charge is 0.349 e. The molecule has 4 rings (SSSR count). The number of pyridine rings is 1. The molecule has 2 saturated heterocycles. The van der Waals surface area contributed by atoms with Crippen molar-refractivity contribution < 1.29 is 8.42 Å². The highest BCUT2D eigenvalue weighted by atomic mass is 32.2. The number of nitrogens with zero attached hydrogens (tertiary/aromatic N) is 3. The van der Waals surface area contributed by atoms with E-state index in [-0.39, 0.29) is 0 Å². The Morgan fingerprint density at radius 3 is 2.58 bits per heavy atom. The summed E-state index contributed by atoms with van der Waals surface area (Å²) in [5.74, 6) is 0.867. The average molecular weight is 364 g/mol. The average Bonchev–Trinajstić information content (AvgIpc) is 3.36. The number of anilines is 1. The molecule has 0 aliphatic carbocycles. The number of aromatic nitrogens is 1. The summed E-state index contributed by atoms with van der Waals surface area (Å²) in [4.78, 5) is 8.43. The molecule has 0 N–H and O–H groups in total. The molecular weight excluding hydrogens is 342 g/mol. The van der Waals surface area contributed by atoms with E-state index in [2.05, 4.69) is 27.4 Å². The third-order valence-corrected chi connectivity index (χ3v) is 7.70. The minimum atomic E-state index is -3.38. The lowest BCUT2D eigenvalue weighted by Gasteiger charge is -2.25. The molecule has 1 atom stereocenters. The third-order valence-electron chi connectivity index (χ3n) is 4.84. The molecule has 24 heavy (non-hydrogen) atoms. The van der Waals surface area contributed by atoms with Gasteiger partial charge in [-0.25, -0.2) is 13.4 Å². The zero-order chi connectivity index (χ0) is 16.6. The zero-order valence-corrected chi connectivity index (χ0v) is 15.1. The van der Waals surface area contributed by atoms with Crippen LogP contribution in [-0.4, -0.2) is 37.3 Å². The van der Waals surface area contributed by atoms with Crippen molar-refractivity contribution in [3.8, 4) is 0 Å². The fourth-order valence-electron chi connectivity index (χ4n) is 3.59. The molecule has 2 fully saturated rings. The lowest BCUT2D eigenvalue weighted by molar-refractivity contribution is 0.477. The van der Waals surface area contributed by atoms with Crippen molar-refractivity contribution >= 4 is 27.2 Å². The number of hydrogen-bond donors (Lipinski definition) is 0. The molecular formula is C17H21N3O2S2. The molecule has 0 bridgehead atoms. The number of thiophene rings is 1. The van der Waals surface area contributed by atoms with Gasteiger partial charge in [-0.05, 0) is 49.3 Å². The van der Waals surface area contributed by atoms with Gasteiger partial charge in [0.2, 0.25) is 10.0 Å². The summed E-state index contributed by atoms with van der Waals surface area (Å²) in [5, 5.41) is 2.10. The highest BCUT2D eigenvalue weighted by Gasteiger charge is 2.30. The standard InChI is InChI=1S/C17H21N3O2S2/c21-24(22,19-9-1-2-10-19)14-7-8-17(18-13-14)20-11-3-5-15(20)16-6-4-12-23-16/h4,6-8,12-13,15H,1-3,5,9-11H2. The highest BCUT2D eigenvalue weighted by Crippen LogP contribution is 2.37. The first-order valence-electron chi connectivity index (χ1n) is 8.42. The molecule has 2 aliphatic heterocycles. The molecule has 2 aromatic heterocycles.